The number of benzene rings is 1. The van der Waals surface area contributed by atoms with Crippen molar-refractivity contribution in [2.75, 3.05) is 44.3 Å². The number of carbonyl (C=O) groups is 1. The third kappa shape index (κ3) is 3.79. The number of fused-ring (bicyclic) bond motifs is 2. The van der Waals surface area contributed by atoms with Crippen LogP contribution in [0.2, 0.25) is 0 Å². The van der Waals surface area contributed by atoms with Crippen molar-refractivity contribution in [2.24, 2.45) is 7.05 Å². The number of hydrogen-bond donors (Lipinski definition) is 1. The van der Waals surface area contributed by atoms with Crippen molar-refractivity contribution in [2.45, 2.75) is 32.3 Å². The number of β-amino-alcohol motifs (C(OH)–C–C–N with tert-alkyl or cyclic N) is 1. The summed E-state index contributed by atoms with van der Waals surface area (Å²) < 4.78 is 9.32. The summed E-state index contributed by atoms with van der Waals surface area (Å²) in [7, 11) is 1.82. The molecule has 1 amide bonds. The molecule has 2 fully saturated rings. The van der Waals surface area contributed by atoms with Crippen LogP contribution in [0.1, 0.15) is 36.2 Å². The Labute approximate surface area is 208 Å². The van der Waals surface area contributed by atoms with Gasteiger partial charge >= 0.3 is 0 Å². The lowest BCUT2D eigenvalue weighted by molar-refractivity contribution is 0.0461. The second-order valence-corrected chi connectivity index (χ2v) is 9.37. The maximum atomic E-state index is 13.4. The Bertz CT molecular complexity index is 1440. The highest BCUT2D eigenvalue weighted by Crippen LogP contribution is 2.29. The van der Waals surface area contributed by atoms with Gasteiger partial charge < -0.3 is 24.2 Å². The van der Waals surface area contributed by atoms with E-state index in [0.717, 1.165) is 29.7 Å². The number of rotatable bonds is 4. The lowest BCUT2D eigenvalue weighted by Crippen LogP contribution is -2.43. The molecular weight excluding hydrogens is 460 g/mol. The zero-order chi connectivity index (χ0) is 24.8. The number of nitrogens with zero attached hydrogens (tertiary/aromatic N) is 8. The van der Waals surface area contributed by atoms with E-state index >= 15 is 0 Å². The summed E-state index contributed by atoms with van der Waals surface area (Å²) in [5.74, 6) is 2.15. The van der Waals surface area contributed by atoms with Crippen molar-refractivity contribution in [3.8, 4) is 5.95 Å². The number of amides is 1. The van der Waals surface area contributed by atoms with Crippen LogP contribution < -0.4 is 4.90 Å². The third-order valence-corrected chi connectivity index (χ3v) is 7.02. The van der Waals surface area contributed by atoms with E-state index in [9.17, 15) is 9.90 Å². The molecule has 2 saturated heterocycles. The average Bonchev–Trinajstić information content (AvgIpc) is 3.46. The first-order valence-electron chi connectivity index (χ1n) is 12.6. The van der Waals surface area contributed by atoms with Gasteiger partial charge in [-0.15, -0.1) is 0 Å². The number of aryl methyl sites for hydroxylation is 2. The summed E-state index contributed by atoms with van der Waals surface area (Å²) in [6.07, 6.45) is 1.69. The number of aliphatic hydroxyl groups is 1. The summed E-state index contributed by atoms with van der Waals surface area (Å²) >= 11 is 0. The predicted molar refractivity (Wildman–Crippen MR) is 134 cm³/mol. The molecule has 0 saturated carbocycles. The molecule has 1 N–H and O–H groups in total. The van der Waals surface area contributed by atoms with Crippen LogP contribution in [-0.4, -0.2) is 90.5 Å². The Hall–Kier alpha value is -3.57. The predicted octanol–water partition coefficient (Wildman–Crippen LogP) is 1.70. The Balaban J connectivity index is 1.54. The summed E-state index contributed by atoms with van der Waals surface area (Å²) in [5, 5.41) is 10.1. The van der Waals surface area contributed by atoms with Gasteiger partial charge in [-0.1, -0.05) is 19.1 Å². The quantitative estimate of drug-likeness (QED) is 0.460. The standard InChI is InChI=1S/C25H30N8O3/c1-3-19-26-17-8-4-5-9-18(17)33(19)25-28-21-20(22(29-25)31-11-13-36-14-12-31)27-23(30(21)2)24(35)32-10-6-7-16(34)15-32/h4-5,8-9,16,34H,3,6-7,10-15H2,1-2H3/t16-/m1/s1. The van der Waals surface area contributed by atoms with Gasteiger partial charge in [0, 0.05) is 39.6 Å². The van der Waals surface area contributed by atoms with Gasteiger partial charge in [0.15, 0.2) is 17.0 Å². The highest BCUT2D eigenvalue weighted by Gasteiger charge is 2.30. The van der Waals surface area contributed by atoms with Crippen molar-refractivity contribution in [1.82, 2.24) is 34.0 Å². The molecule has 0 bridgehead atoms. The molecule has 1 atom stereocenters. The molecule has 188 valence electrons. The number of hydrogen-bond acceptors (Lipinski definition) is 8. The van der Waals surface area contributed by atoms with Crippen LogP contribution in [0.5, 0.6) is 0 Å². The smallest absolute Gasteiger partial charge is 0.290 e. The first kappa shape index (κ1) is 22.9. The SMILES string of the molecule is CCc1nc2ccccc2n1-c1nc(N2CCOCC2)c2nc(C(=O)N3CCC[C@@H](O)C3)n(C)c2n1. The third-order valence-electron chi connectivity index (χ3n) is 7.02. The fourth-order valence-electron chi connectivity index (χ4n) is 5.14. The first-order chi connectivity index (χ1) is 17.5. The van der Waals surface area contributed by atoms with Crippen molar-refractivity contribution in [3.05, 3.63) is 35.9 Å². The van der Waals surface area contributed by atoms with Crippen LogP contribution in [0.15, 0.2) is 24.3 Å². The molecule has 5 heterocycles. The zero-order valence-electron chi connectivity index (χ0n) is 20.6. The monoisotopic (exact) mass is 490 g/mol. The molecule has 0 unspecified atom stereocenters. The molecule has 2 aliphatic rings. The fourth-order valence-corrected chi connectivity index (χ4v) is 5.14. The minimum absolute atomic E-state index is 0.203. The van der Waals surface area contributed by atoms with Gasteiger partial charge in [0.1, 0.15) is 5.82 Å². The van der Waals surface area contributed by atoms with E-state index in [1.54, 1.807) is 9.47 Å². The second kappa shape index (κ2) is 9.14. The number of likely N-dealkylation sites (tertiary alicyclic amines) is 1. The van der Waals surface area contributed by atoms with E-state index in [1.807, 2.05) is 35.9 Å². The van der Waals surface area contributed by atoms with E-state index in [2.05, 4.69) is 11.8 Å². The van der Waals surface area contributed by atoms with Crippen molar-refractivity contribution >= 4 is 33.9 Å². The molecule has 3 aromatic heterocycles. The van der Waals surface area contributed by atoms with Crippen LogP contribution in [0.25, 0.3) is 28.1 Å². The molecule has 0 spiro atoms. The van der Waals surface area contributed by atoms with Crippen LogP contribution in [0.3, 0.4) is 0 Å². The highest BCUT2D eigenvalue weighted by molar-refractivity contribution is 5.96. The molecule has 11 heteroatoms. The van der Waals surface area contributed by atoms with Crippen LogP contribution in [-0.2, 0) is 18.2 Å². The van der Waals surface area contributed by atoms with Gasteiger partial charge in [0.25, 0.3) is 5.91 Å². The Morgan fingerprint density at radius 2 is 1.92 bits per heavy atom. The number of piperidine rings is 1. The maximum absolute atomic E-state index is 13.4. The van der Waals surface area contributed by atoms with Gasteiger partial charge in [-0.25, -0.2) is 9.97 Å². The number of anilines is 1. The molecule has 0 aliphatic carbocycles. The number of morpholine rings is 1. The maximum Gasteiger partial charge on any atom is 0.290 e. The molecule has 11 nitrogen and oxygen atoms in total. The van der Waals surface area contributed by atoms with Crippen molar-refractivity contribution in [1.29, 1.82) is 0 Å². The number of aromatic nitrogens is 6. The highest BCUT2D eigenvalue weighted by atomic mass is 16.5. The van der Waals surface area contributed by atoms with E-state index in [4.69, 9.17) is 24.7 Å². The Morgan fingerprint density at radius 1 is 1.11 bits per heavy atom. The van der Waals surface area contributed by atoms with E-state index in [0.29, 0.717) is 74.6 Å². The summed E-state index contributed by atoms with van der Waals surface area (Å²) in [6.45, 7) is 5.53. The normalized spacial score (nSPS) is 18.9. The molecule has 0 radical (unpaired) electrons. The fraction of sp³-hybridized carbons (Fsp3) is 0.480. The molecule has 2 aliphatic heterocycles. The minimum Gasteiger partial charge on any atom is -0.391 e. The average molecular weight is 491 g/mol. The summed E-state index contributed by atoms with van der Waals surface area (Å²) in [6, 6.07) is 7.96. The van der Waals surface area contributed by atoms with Gasteiger partial charge in [0.2, 0.25) is 11.8 Å². The number of ether oxygens (including phenoxy) is 1. The molecular formula is C25H30N8O3. The Kier molecular flexibility index (Phi) is 5.81. The van der Waals surface area contributed by atoms with Gasteiger partial charge in [-0.2, -0.15) is 9.97 Å². The van der Waals surface area contributed by atoms with E-state index in [-0.39, 0.29) is 5.91 Å². The van der Waals surface area contributed by atoms with Gasteiger partial charge in [0.05, 0.1) is 30.4 Å². The first-order valence-corrected chi connectivity index (χ1v) is 12.6. The van der Waals surface area contributed by atoms with E-state index in [1.165, 1.54) is 0 Å². The van der Waals surface area contributed by atoms with Crippen molar-refractivity contribution < 1.29 is 14.6 Å². The summed E-state index contributed by atoms with van der Waals surface area (Å²) in [5.41, 5.74) is 2.99. The van der Waals surface area contributed by atoms with Gasteiger partial charge in [-0.3, -0.25) is 9.36 Å². The second-order valence-electron chi connectivity index (χ2n) is 9.37. The Morgan fingerprint density at radius 3 is 2.69 bits per heavy atom. The molecule has 6 rings (SSSR count). The van der Waals surface area contributed by atoms with Gasteiger partial charge in [-0.05, 0) is 25.0 Å². The van der Waals surface area contributed by atoms with Crippen molar-refractivity contribution in [3.63, 3.8) is 0 Å². The number of aliphatic hydroxyl groups excluding tert-OH is 1. The number of carbonyl (C=O) groups excluding carboxylic acids is 1. The van der Waals surface area contributed by atoms with Crippen LogP contribution in [0, 0.1) is 0 Å². The summed E-state index contributed by atoms with van der Waals surface area (Å²) in [4.78, 5) is 36.8. The largest absolute Gasteiger partial charge is 0.391 e. The molecule has 36 heavy (non-hydrogen) atoms. The minimum atomic E-state index is -0.505. The van der Waals surface area contributed by atoms with Crippen LogP contribution in [0.4, 0.5) is 5.82 Å². The molecule has 1 aromatic carbocycles. The topological polar surface area (TPSA) is 114 Å². The molecule has 4 aromatic rings. The number of para-hydroxylation sites is 2. The zero-order valence-corrected chi connectivity index (χ0v) is 20.6. The van der Waals surface area contributed by atoms with E-state index < -0.39 is 6.10 Å². The lowest BCUT2D eigenvalue weighted by atomic mass is 10.1. The lowest BCUT2D eigenvalue weighted by Gasteiger charge is -2.29. The van der Waals surface area contributed by atoms with Crippen LogP contribution >= 0.6 is 0 Å². The number of imidazole rings is 2.